The standard InChI is InChI=1S/C20H31NO3.ClH/c1-18(2,3)13-9-12(10-14(15(13)22)19(4,5)6)16-20(7,8)11-24-17(23)21-16;/h9-10,16,22H,11H2,1-8H3,(H,21,23);1H/t16-;/m1./s1. The average Bonchev–Trinajstić information content (AvgIpc) is 2.39. The van der Waals surface area contributed by atoms with Crippen molar-refractivity contribution in [1.29, 1.82) is 0 Å². The first-order chi connectivity index (χ1) is 10.7. The van der Waals surface area contributed by atoms with Gasteiger partial charge in [-0.1, -0.05) is 55.4 Å². The third kappa shape index (κ3) is 4.41. The highest BCUT2D eigenvalue weighted by Gasteiger charge is 2.39. The van der Waals surface area contributed by atoms with Crippen LogP contribution in [0.1, 0.15) is 78.1 Å². The molecule has 0 saturated carbocycles. The fourth-order valence-corrected chi connectivity index (χ4v) is 3.19. The fraction of sp³-hybridized carbons (Fsp3) is 0.650. The van der Waals surface area contributed by atoms with Gasteiger partial charge in [0.15, 0.2) is 0 Å². The molecule has 1 saturated heterocycles. The van der Waals surface area contributed by atoms with Crippen molar-refractivity contribution in [3.63, 3.8) is 0 Å². The number of phenols is 1. The Morgan fingerprint density at radius 2 is 1.52 bits per heavy atom. The van der Waals surface area contributed by atoms with Crippen molar-refractivity contribution in [2.45, 2.75) is 72.3 Å². The molecule has 0 radical (unpaired) electrons. The number of halogens is 1. The molecule has 2 N–H and O–H groups in total. The lowest BCUT2D eigenvalue weighted by Crippen LogP contribution is -2.47. The fourth-order valence-electron chi connectivity index (χ4n) is 3.19. The summed E-state index contributed by atoms with van der Waals surface area (Å²) in [6.45, 7) is 17.1. The number of amides is 1. The monoisotopic (exact) mass is 369 g/mol. The molecule has 142 valence electrons. The molecule has 1 atom stereocenters. The Labute approximate surface area is 157 Å². The molecule has 1 aliphatic heterocycles. The van der Waals surface area contributed by atoms with E-state index in [0.717, 1.165) is 16.7 Å². The van der Waals surface area contributed by atoms with Crippen LogP contribution in [-0.2, 0) is 15.6 Å². The van der Waals surface area contributed by atoms with E-state index in [2.05, 4.69) is 60.7 Å². The Kier molecular flexibility index (Phi) is 5.81. The molecular weight excluding hydrogens is 338 g/mol. The molecule has 0 unspecified atom stereocenters. The molecule has 5 heteroatoms. The summed E-state index contributed by atoms with van der Waals surface area (Å²) < 4.78 is 5.16. The summed E-state index contributed by atoms with van der Waals surface area (Å²) in [5.41, 5.74) is 2.21. The molecule has 1 fully saturated rings. The Balaban J connectivity index is 0.00000312. The van der Waals surface area contributed by atoms with Crippen molar-refractivity contribution in [3.05, 3.63) is 28.8 Å². The molecular formula is C20H32ClNO3. The summed E-state index contributed by atoms with van der Waals surface area (Å²) in [5.74, 6) is 0.356. The Hall–Kier alpha value is -1.42. The maximum absolute atomic E-state index is 11.8. The van der Waals surface area contributed by atoms with Gasteiger partial charge in [0.1, 0.15) is 12.4 Å². The van der Waals surface area contributed by atoms with Gasteiger partial charge in [-0.15, -0.1) is 12.4 Å². The summed E-state index contributed by atoms with van der Waals surface area (Å²) in [6, 6.07) is 3.91. The second-order valence-corrected chi connectivity index (χ2v) is 9.61. The number of benzene rings is 1. The topological polar surface area (TPSA) is 58.6 Å². The number of phenolic OH excluding ortho intramolecular Hbond substituents is 1. The number of aromatic hydroxyl groups is 1. The number of rotatable bonds is 1. The van der Waals surface area contributed by atoms with Crippen LogP contribution in [0.2, 0.25) is 0 Å². The number of carbonyl (C=O) groups excluding carboxylic acids is 1. The second kappa shape index (κ2) is 6.71. The molecule has 25 heavy (non-hydrogen) atoms. The highest BCUT2D eigenvalue weighted by atomic mass is 35.5. The van der Waals surface area contributed by atoms with Gasteiger partial charge in [0.25, 0.3) is 0 Å². The molecule has 0 aromatic heterocycles. The van der Waals surface area contributed by atoms with Gasteiger partial charge in [0.05, 0.1) is 6.04 Å². The molecule has 0 aliphatic carbocycles. The number of carbonyl (C=O) groups is 1. The lowest BCUT2D eigenvalue weighted by molar-refractivity contribution is 0.0386. The zero-order chi connectivity index (χ0) is 18.5. The van der Waals surface area contributed by atoms with E-state index in [0.29, 0.717) is 12.4 Å². The zero-order valence-corrected chi connectivity index (χ0v) is 17.4. The quantitative estimate of drug-likeness (QED) is 0.713. The number of hydrogen-bond donors (Lipinski definition) is 2. The molecule has 1 aromatic carbocycles. The third-order valence-corrected chi connectivity index (χ3v) is 4.70. The van der Waals surface area contributed by atoms with Crippen molar-refractivity contribution < 1.29 is 14.6 Å². The third-order valence-electron chi connectivity index (χ3n) is 4.70. The molecule has 1 aromatic rings. The van der Waals surface area contributed by atoms with Gasteiger partial charge in [-0.2, -0.15) is 0 Å². The van der Waals surface area contributed by atoms with Crippen LogP contribution >= 0.6 is 12.4 Å². The van der Waals surface area contributed by atoms with Crippen LogP contribution in [0.4, 0.5) is 4.79 Å². The van der Waals surface area contributed by atoms with Crippen molar-refractivity contribution in [2.75, 3.05) is 6.61 Å². The minimum atomic E-state index is -0.387. The normalized spacial score (nSPS) is 20.3. The molecule has 1 aliphatic rings. The molecule has 0 spiro atoms. The van der Waals surface area contributed by atoms with Gasteiger partial charge in [0, 0.05) is 5.41 Å². The first-order valence-corrected chi connectivity index (χ1v) is 8.54. The zero-order valence-electron chi connectivity index (χ0n) is 16.6. The second-order valence-electron chi connectivity index (χ2n) is 9.61. The van der Waals surface area contributed by atoms with Crippen molar-refractivity contribution in [3.8, 4) is 5.75 Å². The summed E-state index contributed by atoms with van der Waals surface area (Å²) >= 11 is 0. The van der Waals surface area contributed by atoms with E-state index in [-0.39, 0.29) is 40.8 Å². The van der Waals surface area contributed by atoms with E-state index in [1.165, 1.54) is 0 Å². The van der Waals surface area contributed by atoms with E-state index in [9.17, 15) is 9.90 Å². The van der Waals surface area contributed by atoms with Crippen molar-refractivity contribution in [1.82, 2.24) is 5.32 Å². The first kappa shape index (κ1) is 21.6. The minimum Gasteiger partial charge on any atom is -0.507 e. The van der Waals surface area contributed by atoms with Gasteiger partial charge < -0.3 is 15.2 Å². The Bertz CT molecular complexity index is 619. The smallest absolute Gasteiger partial charge is 0.407 e. The maximum atomic E-state index is 11.8. The van der Waals surface area contributed by atoms with Crippen molar-refractivity contribution >= 4 is 18.5 Å². The summed E-state index contributed by atoms with van der Waals surface area (Å²) in [4.78, 5) is 11.8. The average molecular weight is 370 g/mol. The molecule has 0 bridgehead atoms. The number of cyclic esters (lactones) is 1. The summed E-state index contributed by atoms with van der Waals surface area (Å²) in [7, 11) is 0. The van der Waals surface area contributed by atoms with E-state index < -0.39 is 0 Å². The highest BCUT2D eigenvalue weighted by molar-refractivity contribution is 5.85. The van der Waals surface area contributed by atoms with E-state index >= 15 is 0 Å². The van der Waals surface area contributed by atoms with Crippen LogP contribution in [0.25, 0.3) is 0 Å². The van der Waals surface area contributed by atoms with Crippen LogP contribution in [-0.4, -0.2) is 17.8 Å². The Morgan fingerprint density at radius 1 is 1.08 bits per heavy atom. The van der Waals surface area contributed by atoms with Gasteiger partial charge in [-0.05, 0) is 39.7 Å². The van der Waals surface area contributed by atoms with E-state index in [1.807, 2.05) is 12.1 Å². The predicted molar refractivity (Wildman–Crippen MR) is 104 cm³/mol. The van der Waals surface area contributed by atoms with Crippen molar-refractivity contribution in [2.24, 2.45) is 5.41 Å². The highest BCUT2D eigenvalue weighted by Crippen LogP contribution is 2.44. The van der Waals surface area contributed by atoms with E-state index in [1.54, 1.807) is 0 Å². The predicted octanol–water partition coefficient (Wildman–Crippen LogP) is 5.22. The lowest BCUT2D eigenvalue weighted by Gasteiger charge is -2.40. The SMILES string of the molecule is CC(C)(C)c1cc([C@H]2NC(=O)OCC2(C)C)cc(C(C)(C)C)c1O.Cl. The van der Waals surface area contributed by atoms with Gasteiger partial charge in [0.2, 0.25) is 0 Å². The van der Waals surface area contributed by atoms with Gasteiger partial charge in [-0.3, -0.25) is 0 Å². The van der Waals surface area contributed by atoms with E-state index in [4.69, 9.17) is 4.74 Å². The van der Waals surface area contributed by atoms with Gasteiger partial charge in [-0.25, -0.2) is 4.79 Å². The largest absolute Gasteiger partial charge is 0.507 e. The molecule has 1 amide bonds. The Morgan fingerprint density at radius 3 is 1.92 bits per heavy atom. The molecule has 4 nitrogen and oxygen atoms in total. The first-order valence-electron chi connectivity index (χ1n) is 8.54. The maximum Gasteiger partial charge on any atom is 0.407 e. The van der Waals surface area contributed by atoms with Crippen LogP contribution in [0.3, 0.4) is 0 Å². The van der Waals surface area contributed by atoms with Crippen LogP contribution in [0.5, 0.6) is 5.75 Å². The molecule has 1 heterocycles. The lowest BCUT2D eigenvalue weighted by atomic mass is 9.74. The summed E-state index contributed by atoms with van der Waals surface area (Å²) in [6.07, 6.45) is -0.387. The minimum absolute atomic E-state index is 0. The molecule has 2 rings (SSSR count). The van der Waals surface area contributed by atoms with Crippen LogP contribution < -0.4 is 5.32 Å². The number of ether oxygens (including phenoxy) is 1. The van der Waals surface area contributed by atoms with Crippen LogP contribution in [0.15, 0.2) is 12.1 Å². The van der Waals surface area contributed by atoms with Crippen LogP contribution in [0, 0.1) is 5.41 Å². The number of alkyl carbamates (subject to hydrolysis) is 1. The summed E-state index contributed by atoms with van der Waals surface area (Å²) in [5, 5.41) is 13.8. The van der Waals surface area contributed by atoms with Gasteiger partial charge >= 0.3 is 6.09 Å². The number of nitrogens with one attached hydrogen (secondary N) is 1. The number of hydrogen-bond acceptors (Lipinski definition) is 3.